The maximum absolute atomic E-state index is 12.0. The zero-order chi connectivity index (χ0) is 22.6. The largest absolute Gasteiger partial charge is 0.492 e. The molecule has 0 bridgehead atoms. The summed E-state index contributed by atoms with van der Waals surface area (Å²) in [6.07, 6.45) is 1.38. The van der Waals surface area contributed by atoms with Crippen molar-refractivity contribution in [1.29, 1.82) is 0 Å². The van der Waals surface area contributed by atoms with Crippen molar-refractivity contribution >= 4 is 29.6 Å². The summed E-state index contributed by atoms with van der Waals surface area (Å²) in [6, 6.07) is 13.6. The summed E-state index contributed by atoms with van der Waals surface area (Å²) in [5.41, 5.74) is 3.23. The lowest BCUT2D eigenvalue weighted by Gasteiger charge is -2.10. The maximum atomic E-state index is 12.0. The first-order valence-electron chi connectivity index (χ1n) is 9.77. The van der Waals surface area contributed by atoms with Crippen LogP contribution < -0.4 is 25.5 Å². The molecule has 0 heterocycles. The summed E-state index contributed by atoms with van der Waals surface area (Å²) in [5.74, 6) is -0.997. The molecule has 2 rings (SSSR count). The van der Waals surface area contributed by atoms with Crippen LogP contribution in [0.1, 0.15) is 26.3 Å². The number of benzene rings is 2. The van der Waals surface area contributed by atoms with Gasteiger partial charge in [0.05, 0.1) is 18.5 Å². The van der Waals surface area contributed by atoms with E-state index in [4.69, 9.17) is 9.47 Å². The number of rotatable bonds is 9. The fourth-order valence-electron chi connectivity index (χ4n) is 2.41. The van der Waals surface area contributed by atoms with Crippen LogP contribution in [0.2, 0.25) is 0 Å². The SMILES string of the molecule is CCOc1ccccc1NC(=O)C(=O)N/N=C\c1ccc(OCC(=O)NC(C)C)cc1. The van der Waals surface area contributed by atoms with Gasteiger partial charge in [-0.3, -0.25) is 14.4 Å². The Kier molecular flexibility index (Phi) is 9.03. The number of hydrazone groups is 1. The van der Waals surface area contributed by atoms with E-state index in [0.29, 0.717) is 29.4 Å². The van der Waals surface area contributed by atoms with Gasteiger partial charge in [-0.25, -0.2) is 5.43 Å². The van der Waals surface area contributed by atoms with Crippen molar-refractivity contribution in [2.45, 2.75) is 26.8 Å². The molecule has 0 aliphatic heterocycles. The van der Waals surface area contributed by atoms with Crippen molar-refractivity contribution < 1.29 is 23.9 Å². The molecular formula is C22H26N4O5. The third kappa shape index (κ3) is 8.17. The molecule has 2 aromatic rings. The predicted octanol–water partition coefficient (Wildman–Crippen LogP) is 2.08. The smallest absolute Gasteiger partial charge is 0.329 e. The van der Waals surface area contributed by atoms with Gasteiger partial charge < -0.3 is 20.1 Å². The molecule has 3 N–H and O–H groups in total. The van der Waals surface area contributed by atoms with E-state index >= 15 is 0 Å². The predicted molar refractivity (Wildman–Crippen MR) is 117 cm³/mol. The van der Waals surface area contributed by atoms with Gasteiger partial charge in [-0.1, -0.05) is 12.1 Å². The van der Waals surface area contributed by atoms with E-state index in [1.807, 2.05) is 20.8 Å². The molecule has 9 heteroatoms. The molecule has 0 aromatic heterocycles. The molecule has 0 spiro atoms. The Morgan fingerprint density at radius 3 is 2.39 bits per heavy atom. The molecule has 0 saturated heterocycles. The average molecular weight is 426 g/mol. The van der Waals surface area contributed by atoms with Crippen LogP contribution in [0.5, 0.6) is 11.5 Å². The number of carbonyl (C=O) groups is 3. The number of hydrogen-bond acceptors (Lipinski definition) is 6. The zero-order valence-electron chi connectivity index (χ0n) is 17.7. The Bertz CT molecular complexity index is 926. The molecule has 0 atom stereocenters. The van der Waals surface area contributed by atoms with Crippen LogP contribution in [0.3, 0.4) is 0 Å². The second-order valence-corrected chi connectivity index (χ2v) is 6.66. The highest BCUT2D eigenvalue weighted by Gasteiger charge is 2.15. The third-order valence-corrected chi connectivity index (χ3v) is 3.72. The summed E-state index contributed by atoms with van der Waals surface area (Å²) >= 11 is 0. The van der Waals surface area contributed by atoms with Crippen molar-refractivity contribution in [3.63, 3.8) is 0 Å². The zero-order valence-corrected chi connectivity index (χ0v) is 17.7. The van der Waals surface area contributed by atoms with Crippen LogP contribution in [0.15, 0.2) is 53.6 Å². The number of anilines is 1. The maximum Gasteiger partial charge on any atom is 0.329 e. The topological polar surface area (TPSA) is 118 Å². The Labute approximate surface area is 180 Å². The van der Waals surface area contributed by atoms with Crippen molar-refractivity contribution in [2.24, 2.45) is 5.10 Å². The number of ether oxygens (including phenoxy) is 2. The molecule has 0 aliphatic carbocycles. The fourth-order valence-corrected chi connectivity index (χ4v) is 2.41. The summed E-state index contributed by atoms with van der Waals surface area (Å²) in [4.78, 5) is 35.6. The normalized spacial score (nSPS) is 10.6. The third-order valence-electron chi connectivity index (χ3n) is 3.72. The van der Waals surface area contributed by atoms with Gasteiger partial charge in [-0.15, -0.1) is 0 Å². The number of hydrogen-bond donors (Lipinski definition) is 3. The van der Waals surface area contributed by atoms with E-state index < -0.39 is 11.8 Å². The lowest BCUT2D eigenvalue weighted by atomic mass is 10.2. The first-order valence-corrected chi connectivity index (χ1v) is 9.77. The van der Waals surface area contributed by atoms with Crippen molar-refractivity contribution in [2.75, 3.05) is 18.5 Å². The number of nitrogens with one attached hydrogen (secondary N) is 3. The quantitative estimate of drug-likeness (QED) is 0.322. The van der Waals surface area contributed by atoms with Crippen LogP contribution in [0.4, 0.5) is 5.69 Å². The summed E-state index contributed by atoms with van der Waals surface area (Å²) in [5, 5.41) is 9.00. The molecule has 9 nitrogen and oxygen atoms in total. The molecule has 31 heavy (non-hydrogen) atoms. The monoisotopic (exact) mass is 426 g/mol. The molecule has 2 aromatic carbocycles. The first kappa shape index (κ1) is 23.4. The van der Waals surface area contributed by atoms with E-state index in [0.717, 1.165) is 0 Å². The second-order valence-electron chi connectivity index (χ2n) is 6.66. The Morgan fingerprint density at radius 1 is 1.00 bits per heavy atom. The standard InChI is InChI=1S/C22H26N4O5/c1-4-30-19-8-6-5-7-18(19)25-21(28)22(29)26-23-13-16-9-11-17(12-10-16)31-14-20(27)24-15(2)3/h5-13,15H,4,14H2,1-3H3,(H,24,27)(H,25,28)(H,26,29)/b23-13-. The average Bonchev–Trinajstić information content (AvgIpc) is 2.74. The molecule has 0 aliphatic rings. The number of para-hydroxylation sites is 2. The molecule has 0 saturated carbocycles. The lowest BCUT2D eigenvalue weighted by molar-refractivity contribution is -0.136. The van der Waals surface area contributed by atoms with E-state index in [-0.39, 0.29) is 18.6 Å². The highest BCUT2D eigenvalue weighted by Crippen LogP contribution is 2.23. The van der Waals surface area contributed by atoms with Gasteiger partial charge in [0.25, 0.3) is 5.91 Å². The Hall–Kier alpha value is -3.88. The minimum atomic E-state index is -0.918. The van der Waals surface area contributed by atoms with Gasteiger partial charge in [-0.05, 0) is 62.7 Å². The molecule has 0 fully saturated rings. The molecule has 0 unspecified atom stereocenters. The lowest BCUT2D eigenvalue weighted by Crippen LogP contribution is -2.34. The number of carbonyl (C=O) groups excluding carboxylic acids is 3. The minimum absolute atomic E-state index is 0.0476. The van der Waals surface area contributed by atoms with Crippen LogP contribution in [-0.4, -0.2) is 43.2 Å². The summed E-state index contributed by atoms with van der Waals surface area (Å²) < 4.78 is 10.8. The van der Waals surface area contributed by atoms with E-state index in [1.165, 1.54) is 6.21 Å². The Balaban J connectivity index is 1.83. The van der Waals surface area contributed by atoms with Crippen LogP contribution in [0.25, 0.3) is 0 Å². The van der Waals surface area contributed by atoms with Crippen LogP contribution in [-0.2, 0) is 14.4 Å². The molecule has 0 radical (unpaired) electrons. The number of nitrogens with zero attached hydrogens (tertiary/aromatic N) is 1. The Morgan fingerprint density at radius 2 is 1.71 bits per heavy atom. The van der Waals surface area contributed by atoms with Crippen LogP contribution >= 0.6 is 0 Å². The van der Waals surface area contributed by atoms with E-state index in [1.54, 1.807) is 48.5 Å². The van der Waals surface area contributed by atoms with Crippen molar-refractivity contribution in [3.05, 3.63) is 54.1 Å². The van der Waals surface area contributed by atoms with Gasteiger partial charge in [0, 0.05) is 6.04 Å². The summed E-state index contributed by atoms with van der Waals surface area (Å²) in [7, 11) is 0. The van der Waals surface area contributed by atoms with Crippen molar-refractivity contribution in [3.8, 4) is 11.5 Å². The first-order chi connectivity index (χ1) is 14.9. The van der Waals surface area contributed by atoms with Gasteiger partial charge in [0.1, 0.15) is 11.5 Å². The van der Waals surface area contributed by atoms with Gasteiger partial charge in [0.15, 0.2) is 6.61 Å². The van der Waals surface area contributed by atoms with E-state index in [2.05, 4.69) is 21.2 Å². The highest BCUT2D eigenvalue weighted by molar-refractivity contribution is 6.39. The fraction of sp³-hybridized carbons (Fsp3) is 0.273. The highest BCUT2D eigenvalue weighted by atomic mass is 16.5. The number of amides is 3. The molecular weight excluding hydrogens is 400 g/mol. The van der Waals surface area contributed by atoms with Crippen LogP contribution in [0, 0.1) is 0 Å². The van der Waals surface area contributed by atoms with E-state index in [9.17, 15) is 14.4 Å². The minimum Gasteiger partial charge on any atom is -0.492 e. The van der Waals surface area contributed by atoms with Gasteiger partial charge >= 0.3 is 11.8 Å². The van der Waals surface area contributed by atoms with Gasteiger partial charge in [0.2, 0.25) is 0 Å². The van der Waals surface area contributed by atoms with Gasteiger partial charge in [-0.2, -0.15) is 5.10 Å². The van der Waals surface area contributed by atoms with Crippen molar-refractivity contribution in [1.82, 2.24) is 10.7 Å². The second kappa shape index (κ2) is 12.0. The molecule has 3 amide bonds. The molecule has 164 valence electrons. The summed E-state index contributed by atoms with van der Waals surface area (Å²) in [6.45, 7) is 5.91.